The monoisotopic (exact) mass is 354 g/mol. The van der Waals surface area contributed by atoms with Crippen molar-refractivity contribution in [2.45, 2.75) is 33.2 Å². The summed E-state index contributed by atoms with van der Waals surface area (Å²) >= 11 is 0. The number of nitrogens with zero attached hydrogens (tertiary/aromatic N) is 3. The highest BCUT2D eigenvalue weighted by Gasteiger charge is 2.11. The second kappa shape index (κ2) is 7.86. The van der Waals surface area contributed by atoms with Gasteiger partial charge < -0.3 is 9.84 Å². The molecule has 0 radical (unpaired) electrons. The molecule has 134 valence electrons. The molecule has 0 spiro atoms. The minimum absolute atomic E-state index is 0.0769. The van der Waals surface area contributed by atoms with Crippen molar-refractivity contribution in [2.75, 3.05) is 0 Å². The van der Waals surface area contributed by atoms with Gasteiger partial charge in [0.15, 0.2) is 0 Å². The molecule has 1 aromatic carbocycles. The van der Waals surface area contributed by atoms with Crippen LogP contribution in [-0.2, 0) is 17.8 Å². The molecule has 3 rings (SSSR count). The van der Waals surface area contributed by atoms with Gasteiger partial charge in [-0.1, -0.05) is 5.16 Å². The van der Waals surface area contributed by atoms with Crippen molar-refractivity contribution in [1.82, 2.24) is 20.4 Å². The van der Waals surface area contributed by atoms with E-state index in [1.54, 1.807) is 18.2 Å². The highest BCUT2D eigenvalue weighted by Crippen LogP contribution is 2.17. The van der Waals surface area contributed by atoms with Crippen LogP contribution in [0, 0.1) is 19.7 Å². The van der Waals surface area contributed by atoms with E-state index in [9.17, 15) is 9.18 Å². The Hall–Kier alpha value is -3.09. The van der Waals surface area contributed by atoms with Crippen molar-refractivity contribution in [3.05, 3.63) is 65.2 Å². The lowest BCUT2D eigenvalue weighted by atomic mass is 10.1. The SMILES string of the molecule is Cc1noc(C)c1CCC(=O)NCc1cc(-c2ccc(F)cc2)ncn1. The van der Waals surface area contributed by atoms with Gasteiger partial charge in [-0.3, -0.25) is 4.79 Å². The molecule has 0 unspecified atom stereocenters. The zero-order valence-corrected chi connectivity index (χ0v) is 14.6. The summed E-state index contributed by atoms with van der Waals surface area (Å²) in [5, 5.41) is 6.73. The molecule has 0 saturated carbocycles. The Morgan fingerprint density at radius 2 is 1.96 bits per heavy atom. The number of aromatic nitrogens is 3. The van der Waals surface area contributed by atoms with E-state index in [0.717, 1.165) is 22.6 Å². The first-order chi connectivity index (χ1) is 12.5. The molecule has 0 fully saturated rings. The fourth-order valence-electron chi connectivity index (χ4n) is 2.65. The second-order valence-corrected chi connectivity index (χ2v) is 5.98. The Morgan fingerprint density at radius 3 is 2.65 bits per heavy atom. The molecule has 1 N–H and O–H groups in total. The Morgan fingerprint density at radius 1 is 1.19 bits per heavy atom. The number of carbonyl (C=O) groups is 1. The summed E-state index contributed by atoms with van der Waals surface area (Å²) in [7, 11) is 0. The third kappa shape index (κ3) is 4.30. The standard InChI is InChI=1S/C19H19FN4O2/c1-12-17(13(2)26-24-12)7-8-19(25)21-10-16-9-18(23-11-22-16)14-3-5-15(20)6-4-14/h3-6,9,11H,7-8,10H2,1-2H3,(H,21,25). The maximum Gasteiger partial charge on any atom is 0.220 e. The van der Waals surface area contributed by atoms with Crippen molar-refractivity contribution < 1.29 is 13.7 Å². The number of rotatable bonds is 6. The first-order valence-electron chi connectivity index (χ1n) is 8.28. The number of nitrogens with one attached hydrogen (secondary N) is 1. The van der Waals surface area contributed by atoms with Crippen molar-refractivity contribution >= 4 is 5.91 Å². The largest absolute Gasteiger partial charge is 0.361 e. The summed E-state index contributed by atoms with van der Waals surface area (Å²) < 4.78 is 18.1. The van der Waals surface area contributed by atoms with Crippen molar-refractivity contribution in [3.63, 3.8) is 0 Å². The molecule has 26 heavy (non-hydrogen) atoms. The molecule has 1 amide bonds. The number of halogens is 1. The van der Waals surface area contributed by atoms with Crippen LogP contribution in [-0.4, -0.2) is 21.0 Å². The molecule has 0 aliphatic rings. The van der Waals surface area contributed by atoms with Crippen LogP contribution < -0.4 is 5.32 Å². The molecule has 2 heterocycles. The molecular formula is C19H19FN4O2. The average molecular weight is 354 g/mol. The van der Waals surface area contributed by atoms with E-state index in [0.29, 0.717) is 30.8 Å². The molecule has 0 saturated heterocycles. The lowest BCUT2D eigenvalue weighted by Crippen LogP contribution is -2.23. The van der Waals surface area contributed by atoms with Gasteiger partial charge in [0.05, 0.1) is 23.6 Å². The third-order valence-electron chi connectivity index (χ3n) is 4.11. The predicted molar refractivity (Wildman–Crippen MR) is 93.6 cm³/mol. The molecule has 6 nitrogen and oxygen atoms in total. The van der Waals surface area contributed by atoms with E-state index in [1.807, 2.05) is 13.8 Å². The number of carbonyl (C=O) groups excluding carboxylic acids is 1. The number of amides is 1. The van der Waals surface area contributed by atoms with Gasteiger partial charge in [0, 0.05) is 17.5 Å². The molecule has 0 aliphatic carbocycles. The lowest BCUT2D eigenvalue weighted by molar-refractivity contribution is -0.121. The first kappa shape index (κ1) is 17.7. The van der Waals surface area contributed by atoms with Crippen LogP contribution in [0.5, 0.6) is 0 Å². The second-order valence-electron chi connectivity index (χ2n) is 5.98. The quantitative estimate of drug-likeness (QED) is 0.735. The van der Waals surface area contributed by atoms with Crippen LogP contribution in [0.4, 0.5) is 4.39 Å². The smallest absolute Gasteiger partial charge is 0.220 e. The summed E-state index contributed by atoms with van der Waals surface area (Å²) in [6.07, 6.45) is 2.36. The predicted octanol–water partition coefficient (Wildman–Crippen LogP) is 3.14. The molecule has 2 aromatic heterocycles. The zero-order chi connectivity index (χ0) is 18.5. The van der Waals surface area contributed by atoms with Gasteiger partial charge in [-0.25, -0.2) is 14.4 Å². The first-order valence-corrected chi connectivity index (χ1v) is 8.28. The molecule has 0 atom stereocenters. The Bertz CT molecular complexity index is 887. The van der Waals surface area contributed by atoms with Gasteiger partial charge >= 0.3 is 0 Å². The minimum atomic E-state index is -0.298. The fourth-order valence-corrected chi connectivity index (χ4v) is 2.65. The van der Waals surface area contributed by atoms with Gasteiger partial charge in [0.25, 0.3) is 0 Å². The fraction of sp³-hybridized carbons (Fsp3) is 0.263. The number of aryl methyl sites for hydroxylation is 2. The highest BCUT2D eigenvalue weighted by molar-refractivity contribution is 5.76. The molecule has 0 aliphatic heterocycles. The minimum Gasteiger partial charge on any atom is -0.361 e. The summed E-state index contributed by atoms with van der Waals surface area (Å²) in [5.41, 5.74) is 3.94. The van der Waals surface area contributed by atoms with E-state index in [-0.39, 0.29) is 11.7 Å². The maximum atomic E-state index is 13.0. The van der Waals surface area contributed by atoms with Gasteiger partial charge in [-0.05, 0) is 50.6 Å². The summed E-state index contributed by atoms with van der Waals surface area (Å²) in [5.74, 6) is 0.371. The van der Waals surface area contributed by atoms with E-state index in [2.05, 4.69) is 20.4 Å². The van der Waals surface area contributed by atoms with Crippen LogP contribution in [0.2, 0.25) is 0 Å². The van der Waals surface area contributed by atoms with Crippen LogP contribution in [0.1, 0.15) is 29.1 Å². The van der Waals surface area contributed by atoms with Crippen LogP contribution in [0.25, 0.3) is 11.3 Å². The van der Waals surface area contributed by atoms with Crippen LogP contribution in [0.15, 0.2) is 41.2 Å². The highest BCUT2D eigenvalue weighted by atomic mass is 19.1. The molecule has 0 bridgehead atoms. The van der Waals surface area contributed by atoms with Gasteiger partial charge in [0.1, 0.15) is 17.9 Å². The normalized spacial score (nSPS) is 10.7. The average Bonchev–Trinajstić information content (AvgIpc) is 2.97. The maximum absolute atomic E-state index is 13.0. The number of hydrogen-bond donors (Lipinski definition) is 1. The third-order valence-corrected chi connectivity index (χ3v) is 4.11. The number of benzene rings is 1. The summed E-state index contributed by atoms with van der Waals surface area (Å²) in [6.45, 7) is 4.00. The lowest BCUT2D eigenvalue weighted by Gasteiger charge is -2.06. The molecule has 3 aromatic rings. The van der Waals surface area contributed by atoms with Gasteiger partial charge in [0.2, 0.25) is 5.91 Å². The Kier molecular flexibility index (Phi) is 5.36. The summed E-state index contributed by atoms with van der Waals surface area (Å²) in [4.78, 5) is 20.4. The molecular weight excluding hydrogens is 335 g/mol. The van der Waals surface area contributed by atoms with E-state index < -0.39 is 0 Å². The van der Waals surface area contributed by atoms with E-state index >= 15 is 0 Å². The van der Waals surface area contributed by atoms with Gasteiger partial charge in [-0.2, -0.15) is 0 Å². The van der Waals surface area contributed by atoms with Gasteiger partial charge in [-0.15, -0.1) is 0 Å². The summed E-state index contributed by atoms with van der Waals surface area (Å²) in [6, 6.07) is 7.86. The Labute approximate surface area is 150 Å². The van der Waals surface area contributed by atoms with Crippen LogP contribution in [0.3, 0.4) is 0 Å². The van der Waals surface area contributed by atoms with Crippen molar-refractivity contribution in [3.8, 4) is 11.3 Å². The van der Waals surface area contributed by atoms with Crippen molar-refractivity contribution in [2.24, 2.45) is 0 Å². The van der Waals surface area contributed by atoms with Crippen molar-refractivity contribution in [1.29, 1.82) is 0 Å². The zero-order valence-electron chi connectivity index (χ0n) is 14.6. The Balaban J connectivity index is 1.57. The van der Waals surface area contributed by atoms with E-state index in [4.69, 9.17) is 4.52 Å². The van der Waals surface area contributed by atoms with Crippen LogP contribution >= 0.6 is 0 Å². The van der Waals surface area contributed by atoms with E-state index in [1.165, 1.54) is 18.5 Å². The molecule has 7 heteroatoms. The number of hydrogen-bond acceptors (Lipinski definition) is 5. The topological polar surface area (TPSA) is 80.9 Å².